The van der Waals surface area contributed by atoms with Gasteiger partial charge in [-0.15, -0.1) is 6.42 Å². The molecule has 9 heteroatoms. The molecule has 0 aliphatic rings. The summed E-state index contributed by atoms with van der Waals surface area (Å²) in [6.07, 6.45) is 5.09. The summed E-state index contributed by atoms with van der Waals surface area (Å²) < 4.78 is 38.5. The third-order valence-electron chi connectivity index (χ3n) is 2.38. The van der Waals surface area contributed by atoms with Crippen LogP contribution in [0.1, 0.15) is 11.3 Å². The Balaban J connectivity index is 2.19. The highest BCUT2D eigenvalue weighted by Gasteiger charge is 2.33. The summed E-state index contributed by atoms with van der Waals surface area (Å²) in [5.41, 5.74) is 2.13. The molecule has 23 heavy (non-hydrogen) atoms. The van der Waals surface area contributed by atoms with Crippen LogP contribution in [0.3, 0.4) is 0 Å². The van der Waals surface area contributed by atoms with E-state index in [-0.39, 0.29) is 16.7 Å². The average Bonchev–Trinajstić information content (AvgIpc) is 2.53. The maximum Gasteiger partial charge on any atom is 0.433 e. The molecule has 0 saturated heterocycles. The second kappa shape index (κ2) is 7.60. The minimum Gasteiger partial charge on any atom is -0.265 e. The zero-order valence-corrected chi connectivity index (χ0v) is 12.4. The molecule has 118 valence electrons. The van der Waals surface area contributed by atoms with Gasteiger partial charge in [-0.3, -0.25) is 10.4 Å². The monoisotopic (exact) mass is 337 g/mol. The molecule has 2 aromatic heterocycles. The molecule has 0 aliphatic carbocycles. The molecule has 5 nitrogen and oxygen atoms in total. The Morgan fingerprint density at radius 1 is 1.30 bits per heavy atom. The molecular formula is C14H10F3N5S. The number of rotatable bonds is 5. The van der Waals surface area contributed by atoms with Gasteiger partial charge in [0.15, 0.2) is 16.7 Å². The van der Waals surface area contributed by atoms with Crippen molar-refractivity contribution in [1.29, 1.82) is 0 Å². The first kappa shape index (κ1) is 16.8. The Labute approximate surface area is 134 Å². The van der Waals surface area contributed by atoms with Gasteiger partial charge in [0.05, 0.1) is 12.0 Å². The molecule has 0 bridgehead atoms. The number of hydrazone groups is 1. The highest BCUT2D eigenvalue weighted by Crippen LogP contribution is 2.30. The lowest BCUT2D eigenvalue weighted by atomic mass is 10.3. The van der Waals surface area contributed by atoms with E-state index in [0.29, 0.717) is 0 Å². The second-order valence-electron chi connectivity index (χ2n) is 4.06. The van der Waals surface area contributed by atoms with E-state index in [1.807, 2.05) is 0 Å². The Bertz CT molecular complexity index is 725. The predicted octanol–water partition coefficient (Wildman–Crippen LogP) is 3.06. The summed E-state index contributed by atoms with van der Waals surface area (Å²) in [5, 5.41) is 3.78. The number of hydrogen-bond donors (Lipinski definition) is 1. The number of nitrogens with zero attached hydrogens (tertiary/aromatic N) is 4. The Kier molecular flexibility index (Phi) is 5.54. The molecule has 2 rings (SSSR count). The number of pyridine rings is 1. The van der Waals surface area contributed by atoms with Gasteiger partial charge >= 0.3 is 6.18 Å². The fraction of sp³-hybridized carbons (Fsp3) is 0.143. The summed E-state index contributed by atoms with van der Waals surface area (Å²) in [4.78, 5) is 11.2. The minimum atomic E-state index is -4.58. The zero-order valence-electron chi connectivity index (χ0n) is 11.6. The van der Waals surface area contributed by atoms with E-state index < -0.39 is 11.9 Å². The number of nitrogens with one attached hydrogen (secondary N) is 1. The summed E-state index contributed by atoms with van der Waals surface area (Å²) in [6, 6.07) is 4.17. The number of thioether (sulfide) groups is 1. The van der Waals surface area contributed by atoms with Crippen LogP contribution in [0, 0.1) is 12.3 Å². The fourth-order valence-electron chi connectivity index (χ4n) is 1.42. The van der Waals surface area contributed by atoms with Crippen molar-refractivity contribution >= 4 is 23.8 Å². The number of anilines is 1. The van der Waals surface area contributed by atoms with Crippen LogP contribution in [0.2, 0.25) is 0 Å². The Morgan fingerprint density at radius 3 is 2.70 bits per heavy atom. The summed E-state index contributed by atoms with van der Waals surface area (Å²) in [7, 11) is 0. The summed E-state index contributed by atoms with van der Waals surface area (Å²) >= 11 is 0.936. The van der Waals surface area contributed by atoms with E-state index in [9.17, 15) is 13.2 Å². The molecule has 2 aromatic rings. The third-order valence-corrected chi connectivity index (χ3v) is 3.13. The maximum atomic E-state index is 12.8. The van der Waals surface area contributed by atoms with Gasteiger partial charge in [-0.05, 0) is 17.7 Å². The van der Waals surface area contributed by atoms with Crippen molar-refractivity contribution < 1.29 is 13.2 Å². The van der Waals surface area contributed by atoms with Crippen LogP contribution in [0.5, 0.6) is 0 Å². The van der Waals surface area contributed by atoms with Crippen LogP contribution in [0.4, 0.5) is 19.0 Å². The predicted molar refractivity (Wildman–Crippen MR) is 82.0 cm³/mol. The molecule has 0 amide bonds. The molecule has 0 unspecified atom stereocenters. The van der Waals surface area contributed by atoms with Crippen molar-refractivity contribution in [3.8, 4) is 12.3 Å². The van der Waals surface area contributed by atoms with Gasteiger partial charge in [0, 0.05) is 18.5 Å². The first-order chi connectivity index (χ1) is 11.0. The quantitative estimate of drug-likeness (QED) is 0.299. The Morgan fingerprint density at radius 2 is 2.04 bits per heavy atom. The van der Waals surface area contributed by atoms with Crippen molar-refractivity contribution in [2.75, 3.05) is 11.2 Å². The SMILES string of the molecule is C#CCSc1nc(NN=Cc2ccncc2)cc(C(F)(F)F)n1. The molecule has 0 spiro atoms. The zero-order chi connectivity index (χ0) is 16.7. The Hall–Kier alpha value is -2.60. The molecular weight excluding hydrogens is 327 g/mol. The van der Waals surface area contributed by atoms with Crippen molar-refractivity contribution in [2.24, 2.45) is 5.10 Å². The smallest absolute Gasteiger partial charge is 0.265 e. The number of aromatic nitrogens is 3. The lowest BCUT2D eigenvalue weighted by Crippen LogP contribution is -2.10. The van der Waals surface area contributed by atoms with Gasteiger partial charge in [0.25, 0.3) is 0 Å². The number of halogens is 3. The van der Waals surface area contributed by atoms with Crippen molar-refractivity contribution in [1.82, 2.24) is 15.0 Å². The highest BCUT2D eigenvalue weighted by molar-refractivity contribution is 7.99. The van der Waals surface area contributed by atoms with Crippen LogP contribution in [0.15, 0.2) is 40.9 Å². The molecule has 0 radical (unpaired) electrons. The standard InChI is InChI=1S/C14H10F3N5S/c1-2-7-23-13-20-11(14(15,16)17)8-12(21-13)22-19-9-10-3-5-18-6-4-10/h1,3-6,8-9H,7H2,(H,20,21,22). The van der Waals surface area contributed by atoms with Gasteiger partial charge in [0.2, 0.25) is 0 Å². The van der Waals surface area contributed by atoms with Crippen LogP contribution < -0.4 is 5.43 Å². The molecule has 0 aliphatic heterocycles. The number of hydrogen-bond acceptors (Lipinski definition) is 6. The van der Waals surface area contributed by atoms with Gasteiger partial charge in [-0.1, -0.05) is 17.7 Å². The minimum absolute atomic E-state index is 0.0700. The lowest BCUT2D eigenvalue weighted by molar-refractivity contribution is -0.141. The highest BCUT2D eigenvalue weighted by atomic mass is 32.2. The van der Waals surface area contributed by atoms with Crippen molar-refractivity contribution in [3.05, 3.63) is 41.9 Å². The topological polar surface area (TPSA) is 63.1 Å². The average molecular weight is 337 g/mol. The van der Waals surface area contributed by atoms with Gasteiger partial charge < -0.3 is 0 Å². The molecule has 0 atom stereocenters. The van der Waals surface area contributed by atoms with E-state index in [1.54, 1.807) is 24.5 Å². The van der Waals surface area contributed by atoms with E-state index in [2.05, 4.69) is 31.4 Å². The van der Waals surface area contributed by atoms with E-state index in [1.165, 1.54) is 6.21 Å². The van der Waals surface area contributed by atoms with E-state index in [4.69, 9.17) is 6.42 Å². The van der Waals surface area contributed by atoms with Gasteiger partial charge in [-0.2, -0.15) is 18.3 Å². The van der Waals surface area contributed by atoms with Crippen LogP contribution >= 0.6 is 11.8 Å². The lowest BCUT2D eigenvalue weighted by Gasteiger charge is -2.09. The van der Waals surface area contributed by atoms with Gasteiger partial charge in [0.1, 0.15) is 0 Å². The molecule has 0 aromatic carbocycles. The van der Waals surface area contributed by atoms with E-state index in [0.717, 1.165) is 23.4 Å². The van der Waals surface area contributed by atoms with Crippen LogP contribution in [-0.4, -0.2) is 26.9 Å². The first-order valence-corrected chi connectivity index (χ1v) is 7.19. The fourth-order valence-corrected chi connectivity index (χ4v) is 1.96. The second-order valence-corrected chi connectivity index (χ2v) is 5.00. The molecule has 1 N–H and O–H groups in total. The van der Waals surface area contributed by atoms with Crippen LogP contribution in [0.25, 0.3) is 0 Å². The van der Waals surface area contributed by atoms with Gasteiger partial charge in [-0.25, -0.2) is 9.97 Å². The maximum absolute atomic E-state index is 12.8. The van der Waals surface area contributed by atoms with Crippen molar-refractivity contribution in [3.63, 3.8) is 0 Å². The normalized spacial score (nSPS) is 11.4. The summed E-state index contributed by atoms with van der Waals surface area (Å²) in [5.74, 6) is 2.40. The number of terminal acetylenes is 1. The summed E-state index contributed by atoms with van der Waals surface area (Å²) in [6.45, 7) is 0. The largest absolute Gasteiger partial charge is 0.433 e. The van der Waals surface area contributed by atoms with E-state index >= 15 is 0 Å². The molecule has 2 heterocycles. The first-order valence-electron chi connectivity index (χ1n) is 6.20. The number of alkyl halides is 3. The molecule has 0 saturated carbocycles. The third kappa shape index (κ3) is 5.27. The molecule has 0 fully saturated rings. The van der Waals surface area contributed by atoms with Crippen LogP contribution in [-0.2, 0) is 6.18 Å². The van der Waals surface area contributed by atoms with Crippen molar-refractivity contribution in [2.45, 2.75) is 11.3 Å².